The Bertz CT molecular complexity index is 1730. The van der Waals surface area contributed by atoms with Crippen LogP contribution in [0.25, 0.3) is 0 Å². The van der Waals surface area contributed by atoms with Crippen molar-refractivity contribution in [2.24, 2.45) is 4.99 Å². The number of hydrogen-bond acceptors (Lipinski definition) is 8. The lowest BCUT2D eigenvalue weighted by Crippen LogP contribution is -2.49. The maximum absolute atomic E-state index is 14.4. The summed E-state index contributed by atoms with van der Waals surface area (Å²) < 4.78 is 44.6. The molecular weight excluding hydrogens is 604 g/mol. The highest BCUT2D eigenvalue weighted by molar-refractivity contribution is 7.91. The number of carbonyl (C=O) groups is 1. The first-order chi connectivity index (χ1) is 22.4. The van der Waals surface area contributed by atoms with E-state index in [0.717, 1.165) is 11.3 Å². The van der Waals surface area contributed by atoms with Gasteiger partial charge in [-0.25, -0.2) is 13.4 Å². The Morgan fingerprint density at radius 2 is 1.61 bits per heavy atom. The van der Waals surface area contributed by atoms with Crippen molar-refractivity contribution in [3.8, 4) is 11.5 Å². The molecule has 4 aromatic carbocycles. The number of rotatable bonds is 15. The van der Waals surface area contributed by atoms with Gasteiger partial charge in [-0.2, -0.15) is 0 Å². The molecule has 0 saturated heterocycles. The van der Waals surface area contributed by atoms with Gasteiger partial charge in [-0.3, -0.25) is 4.79 Å². The molecule has 0 fully saturated rings. The van der Waals surface area contributed by atoms with Gasteiger partial charge in [-0.15, -0.1) is 0 Å². The minimum absolute atomic E-state index is 0.0344. The van der Waals surface area contributed by atoms with E-state index in [2.05, 4.69) is 5.32 Å². The molecular formula is C36H38N2O7S. The number of ether oxygens (including phenoxy) is 3. The average Bonchev–Trinajstić information content (AvgIpc) is 3.50. The van der Waals surface area contributed by atoms with Crippen LogP contribution in [0.1, 0.15) is 35.6 Å². The number of sulfone groups is 1. The summed E-state index contributed by atoms with van der Waals surface area (Å²) in [5.41, 5.74) is 0.654. The molecule has 46 heavy (non-hydrogen) atoms. The third kappa shape index (κ3) is 7.58. The lowest BCUT2D eigenvalue weighted by atomic mass is 9.85. The minimum atomic E-state index is -3.75. The van der Waals surface area contributed by atoms with Crippen LogP contribution in [-0.4, -0.2) is 63.5 Å². The molecule has 1 aliphatic rings. The summed E-state index contributed by atoms with van der Waals surface area (Å²) in [6.07, 6.45) is 0.00762. The molecule has 2 atom stereocenters. The molecule has 1 amide bonds. The molecule has 240 valence electrons. The van der Waals surface area contributed by atoms with E-state index in [9.17, 15) is 13.2 Å². The third-order valence-electron chi connectivity index (χ3n) is 7.86. The molecule has 0 spiro atoms. The van der Waals surface area contributed by atoms with Crippen molar-refractivity contribution >= 4 is 21.6 Å². The molecule has 0 radical (unpaired) electrons. The van der Waals surface area contributed by atoms with Crippen LogP contribution < -0.4 is 14.8 Å². The summed E-state index contributed by atoms with van der Waals surface area (Å²) in [6, 6.07) is 32.2. The van der Waals surface area contributed by atoms with E-state index in [0.29, 0.717) is 36.3 Å². The number of hydrogen-bond donors (Lipinski definition) is 2. The highest BCUT2D eigenvalue weighted by Gasteiger charge is 2.53. The van der Waals surface area contributed by atoms with E-state index in [1.165, 1.54) is 0 Å². The third-order valence-corrected chi connectivity index (χ3v) is 9.59. The molecule has 1 aliphatic heterocycles. The van der Waals surface area contributed by atoms with Crippen LogP contribution in [0.15, 0.2) is 119 Å². The Labute approximate surface area is 269 Å². The molecule has 2 N–H and O–H groups in total. The second-order valence-electron chi connectivity index (χ2n) is 10.9. The monoisotopic (exact) mass is 642 g/mol. The molecule has 0 aliphatic carbocycles. The predicted octanol–water partition coefficient (Wildman–Crippen LogP) is 4.94. The maximum Gasteiger partial charge on any atom is 0.252 e. The molecule has 0 aromatic heterocycles. The number of nitrogens with zero attached hydrogens (tertiary/aromatic N) is 1. The van der Waals surface area contributed by atoms with Crippen LogP contribution in [0.2, 0.25) is 0 Å². The van der Waals surface area contributed by atoms with E-state index < -0.39 is 27.4 Å². The number of aliphatic imine (C=N–C) groups is 1. The number of benzene rings is 4. The van der Waals surface area contributed by atoms with Crippen molar-refractivity contribution < 1.29 is 32.5 Å². The van der Waals surface area contributed by atoms with E-state index in [1.807, 2.05) is 54.6 Å². The fourth-order valence-corrected chi connectivity index (χ4v) is 6.79. The van der Waals surface area contributed by atoms with Crippen LogP contribution in [0, 0.1) is 0 Å². The maximum atomic E-state index is 14.4. The molecule has 0 bridgehead atoms. The highest BCUT2D eigenvalue weighted by atomic mass is 32.2. The van der Waals surface area contributed by atoms with Crippen molar-refractivity contribution in [2.75, 3.05) is 32.6 Å². The molecule has 0 saturated carbocycles. The van der Waals surface area contributed by atoms with Gasteiger partial charge in [0.2, 0.25) is 5.90 Å². The van der Waals surface area contributed by atoms with E-state index in [-0.39, 0.29) is 36.1 Å². The van der Waals surface area contributed by atoms with Crippen molar-refractivity contribution in [1.29, 1.82) is 0 Å². The molecule has 10 heteroatoms. The van der Waals surface area contributed by atoms with E-state index >= 15 is 0 Å². The summed E-state index contributed by atoms with van der Waals surface area (Å²) in [4.78, 5) is 19.5. The van der Waals surface area contributed by atoms with Gasteiger partial charge in [0.05, 0.1) is 24.4 Å². The molecule has 9 nitrogen and oxygen atoms in total. The van der Waals surface area contributed by atoms with Crippen LogP contribution in [0.3, 0.4) is 0 Å². The smallest absolute Gasteiger partial charge is 0.252 e. The lowest BCUT2D eigenvalue weighted by Gasteiger charge is -2.30. The topological polar surface area (TPSA) is 124 Å². The van der Waals surface area contributed by atoms with Gasteiger partial charge in [0.15, 0.2) is 21.5 Å². The lowest BCUT2D eigenvalue weighted by molar-refractivity contribution is -0.129. The Morgan fingerprint density at radius 1 is 0.935 bits per heavy atom. The minimum Gasteiger partial charge on any atom is -0.496 e. The molecule has 1 heterocycles. The zero-order valence-corrected chi connectivity index (χ0v) is 26.5. The predicted molar refractivity (Wildman–Crippen MR) is 176 cm³/mol. The number of aliphatic hydroxyl groups excluding tert-OH is 1. The number of carbonyl (C=O) groups excluding carboxylic acids is 1. The van der Waals surface area contributed by atoms with E-state index in [4.69, 9.17) is 24.3 Å². The van der Waals surface area contributed by atoms with Gasteiger partial charge in [-0.1, -0.05) is 66.7 Å². The number of nitrogens with one attached hydrogen (secondary N) is 1. The summed E-state index contributed by atoms with van der Waals surface area (Å²) in [6.45, 7) is 0.683. The average molecular weight is 643 g/mol. The quantitative estimate of drug-likeness (QED) is 0.176. The number of aliphatic hydroxyl groups is 1. The van der Waals surface area contributed by atoms with Crippen LogP contribution in [-0.2, 0) is 25.8 Å². The Morgan fingerprint density at radius 3 is 2.30 bits per heavy atom. The summed E-state index contributed by atoms with van der Waals surface area (Å²) in [7, 11) is -2.15. The fraction of sp³-hybridized carbons (Fsp3) is 0.278. The Hall–Kier alpha value is -4.67. The SMILES string of the molecule is COc1ccccc1CCNC(=O)[C@]1(CCS(=O)(=O)c2ccccc2)N=C(c2ccc(OCCCO)cc2)O[C@@H]1c1ccccc1. The van der Waals surface area contributed by atoms with Crippen molar-refractivity contribution in [2.45, 2.75) is 35.8 Å². The van der Waals surface area contributed by atoms with Gasteiger partial charge in [0, 0.05) is 31.6 Å². The first-order valence-electron chi connectivity index (χ1n) is 15.2. The molecule has 0 unspecified atom stereocenters. The second-order valence-corrected chi connectivity index (χ2v) is 13.0. The molecule has 4 aromatic rings. The van der Waals surface area contributed by atoms with Gasteiger partial charge in [0.25, 0.3) is 5.91 Å². The number of amides is 1. The van der Waals surface area contributed by atoms with Crippen molar-refractivity contribution in [1.82, 2.24) is 5.32 Å². The van der Waals surface area contributed by atoms with Crippen molar-refractivity contribution in [3.05, 3.63) is 126 Å². The largest absolute Gasteiger partial charge is 0.496 e. The summed E-state index contributed by atoms with van der Waals surface area (Å²) >= 11 is 0. The van der Waals surface area contributed by atoms with Crippen LogP contribution in [0.4, 0.5) is 0 Å². The van der Waals surface area contributed by atoms with Gasteiger partial charge in [0.1, 0.15) is 11.5 Å². The summed E-state index contributed by atoms with van der Waals surface area (Å²) in [5.74, 6) is 0.810. The van der Waals surface area contributed by atoms with Gasteiger partial charge < -0.3 is 24.6 Å². The first-order valence-corrected chi connectivity index (χ1v) is 16.8. The van der Waals surface area contributed by atoms with Crippen LogP contribution >= 0.6 is 0 Å². The van der Waals surface area contributed by atoms with Crippen LogP contribution in [0.5, 0.6) is 11.5 Å². The van der Waals surface area contributed by atoms with Crippen molar-refractivity contribution in [3.63, 3.8) is 0 Å². The zero-order chi connectivity index (χ0) is 32.4. The van der Waals surface area contributed by atoms with Gasteiger partial charge in [-0.05, 0) is 60.0 Å². The van der Waals surface area contributed by atoms with E-state index in [1.54, 1.807) is 61.7 Å². The second kappa shape index (κ2) is 15.1. The fourth-order valence-electron chi connectivity index (χ4n) is 5.41. The Balaban J connectivity index is 1.50. The standard InChI is InChI=1S/C36H38N2O7S/c1-43-32-16-9-8-11-27(32)21-23-37-35(40)36(22-26-46(41,42)31-14-6-3-7-15-31)33(28-12-4-2-5-13-28)45-34(38-36)29-17-19-30(20-18-29)44-25-10-24-39/h2-9,11-20,33,39H,10,21-26H2,1H3,(H,37,40)/t33-,36-/m1/s1. The zero-order valence-electron chi connectivity index (χ0n) is 25.7. The number of methoxy groups -OCH3 is 1. The van der Waals surface area contributed by atoms with Gasteiger partial charge >= 0.3 is 0 Å². The highest BCUT2D eigenvalue weighted by Crippen LogP contribution is 2.43. The number of para-hydroxylation sites is 1. The first kappa shape index (κ1) is 32.7. The summed E-state index contributed by atoms with van der Waals surface area (Å²) in [5, 5.41) is 12.1. The molecule has 5 rings (SSSR count). The normalized spacial score (nSPS) is 17.5. The Kier molecular flexibility index (Phi) is 10.7.